The molecule has 5 heteroatoms. The van der Waals surface area contributed by atoms with Crippen molar-refractivity contribution in [2.24, 2.45) is 5.84 Å². The second-order valence-corrected chi connectivity index (χ2v) is 3.70. The van der Waals surface area contributed by atoms with E-state index in [1.807, 2.05) is 29.7 Å². The van der Waals surface area contributed by atoms with Crippen LogP contribution in [0.1, 0.15) is 5.56 Å². The van der Waals surface area contributed by atoms with E-state index < -0.39 is 0 Å². The number of hydrazine groups is 1. The van der Waals surface area contributed by atoms with E-state index in [-0.39, 0.29) is 6.03 Å². The normalized spacial score (nSPS) is 9.57. The molecule has 2 amide bonds. The number of urea groups is 1. The third-order valence-electron chi connectivity index (χ3n) is 1.72. The van der Waals surface area contributed by atoms with Crippen LogP contribution in [0.25, 0.3) is 0 Å². The van der Waals surface area contributed by atoms with Crippen molar-refractivity contribution in [3.8, 4) is 0 Å². The van der Waals surface area contributed by atoms with Gasteiger partial charge in [-0.3, -0.25) is 5.43 Å². The molecule has 14 heavy (non-hydrogen) atoms. The van der Waals surface area contributed by atoms with Crippen LogP contribution >= 0.6 is 15.9 Å². The predicted octanol–water partition coefficient (Wildman–Crippen LogP) is 1.16. The van der Waals surface area contributed by atoms with Crippen molar-refractivity contribution in [1.29, 1.82) is 0 Å². The van der Waals surface area contributed by atoms with Crippen LogP contribution < -0.4 is 16.6 Å². The van der Waals surface area contributed by atoms with Gasteiger partial charge < -0.3 is 5.32 Å². The maximum absolute atomic E-state index is 10.7. The van der Waals surface area contributed by atoms with Crippen LogP contribution in [0.4, 0.5) is 4.79 Å². The maximum atomic E-state index is 10.7. The van der Waals surface area contributed by atoms with Crippen molar-refractivity contribution in [3.05, 3.63) is 34.3 Å². The van der Waals surface area contributed by atoms with E-state index in [0.29, 0.717) is 6.54 Å². The Morgan fingerprint density at radius 1 is 1.50 bits per heavy atom. The number of amides is 2. The first-order valence-corrected chi connectivity index (χ1v) is 5.00. The number of nitrogens with two attached hydrogens (primary N) is 1. The Labute approximate surface area is 91.0 Å². The van der Waals surface area contributed by atoms with Gasteiger partial charge in [-0.05, 0) is 24.1 Å². The second kappa shape index (κ2) is 5.62. The third kappa shape index (κ3) is 3.76. The van der Waals surface area contributed by atoms with E-state index in [1.54, 1.807) is 0 Å². The standard InChI is InChI=1S/C9H12BrN3O/c10-8-3-1-2-7(6-8)4-5-12-9(14)13-11/h1-3,6H,4-5,11H2,(H2,12,13,14). The summed E-state index contributed by atoms with van der Waals surface area (Å²) in [6.07, 6.45) is 0.785. The Morgan fingerprint density at radius 3 is 2.93 bits per heavy atom. The van der Waals surface area contributed by atoms with Gasteiger partial charge in [-0.25, -0.2) is 10.6 Å². The molecular weight excluding hydrogens is 246 g/mol. The molecular formula is C9H12BrN3O. The van der Waals surface area contributed by atoms with Crippen molar-refractivity contribution in [3.63, 3.8) is 0 Å². The lowest BCUT2D eigenvalue weighted by atomic mass is 10.1. The zero-order valence-electron chi connectivity index (χ0n) is 7.59. The van der Waals surface area contributed by atoms with Crippen molar-refractivity contribution in [2.45, 2.75) is 6.42 Å². The average Bonchev–Trinajstić information content (AvgIpc) is 2.17. The van der Waals surface area contributed by atoms with Crippen molar-refractivity contribution < 1.29 is 4.79 Å². The molecule has 0 unspecified atom stereocenters. The molecule has 0 saturated heterocycles. The zero-order chi connectivity index (χ0) is 10.4. The van der Waals surface area contributed by atoms with Gasteiger partial charge in [0.05, 0.1) is 0 Å². The number of halogens is 1. The SMILES string of the molecule is NNC(=O)NCCc1cccc(Br)c1. The molecule has 0 spiro atoms. The van der Waals surface area contributed by atoms with Gasteiger partial charge in [-0.1, -0.05) is 28.1 Å². The van der Waals surface area contributed by atoms with Gasteiger partial charge in [-0.15, -0.1) is 0 Å². The minimum absolute atomic E-state index is 0.361. The van der Waals surface area contributed by atoms with Gasteiger partial charge >= 0.3 is 6.03 Å². The fraction of sp³-hybridized carbons (Fsp3) is 0.222. The molecule has 0 bridgehead atoms. The van der Waals surface area contributed by atoms with E-state index in [9.17, 15) is 4.79 Å². The Kier molecular flexibility index (Phi) is 4.42. The van der Waals surface area contributed by atoms with Gasteiger partial charge in [0.15, 0.2) is 0 Å². The largest absolute Gasteiger partial charge is 0.337 e. The summed E-state index contributed by atoms with van der Waals surface area (Å²) >= 11 is 3.38. The minimum Gasteiger partial charge on any atom is -0.337 e. The lowest BCUT2D eigenvalue weighted by Gasteiger charge is -2.04. The third-order valence-corrected chi connectivity index (χ3v) is 2.21. The highest BCUT2D eigenvalue weighted by Crippen LogP contribution is 2.11. The molecule has 0 saturated carbocycles. The van der Waals surface area contributed by atoms with E-state index in [2.05, 4.69) is 21.2 Å². The number of hydrogen-bond acceptors (Lipinski definition) is 2. The summed E-state index contributed by atoms with van der Waals surface area (Å²) in [6, 6.07) is 7.58. The van der Waals surface area contributed by atoms with E-state index >= 15 is 0 Å². The molecule has 1 aromatic carbocycles. The quantitative estimate of drug-likeness (QED) is 0.432. The van der Waals surface area contributed by atoms with Crippen molar-refractivity contribution >= 4 is 22.0 Å². The molecule has 0 heterocycles. The number of benzene rings is 1. The maximum Gasteiger partial charge on any atom is 0.328 e. The van der Waals surface area contributed by atoms with Gasteiger partial charge in [0, 0.05) is 11.0 Å². The number of carbonyl (C=O) groups is 1. The van der Waals surface area contributed by atoms with Crippen LogP contribution in [0.5, 0.6) is 0 Å². The molecule has 0 radical (unpaired) electrons. The first kappa shape index (κ1) is 11.0. The van der Waals surface area contributed by atoms with Gasteiger partial charge in [0.2, 0.25) is 0 Å². The number of carbonyl (C=O) groups excluding carboxylic acids is 1. The predicted molar refractivity (Wildman–Crippen MR) is 58.6 cm³/mol. The van der Waals surface area contributed by atoms with Crippen LogP contribution in [-0.4, -0.2) is 12.6 Å². The molecule has 4 N–H and O–H groups in total. The molecule has 0 aliphatic carbocycles. The molecule has 4 nitrogen and oxygen atoms in total. The summed E-state index contributed by atoms with van der Waals surface area (Å²) in [4.78, 5) is 10.7. The zero-order valence-corrected chi connectivity index (χ0v) is 9.17. The van der Waals surface area contributed by atoms with Crippen LogP contribution in [0.3, 0.4) is 0 Å². The molecule has 0 atom stereocenters. The molecule has 1 aromatic rings. The van der Waals surface area contributed by atoms with Gasteiger partial charge in [-0.2, -0.15) is 0 Å². The summed E-state index contributed by atoms with van der Waals surface area (Å²) < 4.78 is 1.04. The first-order chi connectivity index (χ1) is 6.72. The van der Waals surface area contributed by atoms with E-state index in [0.717, 1.165) is 16.5 Å². The number of hydrogen-bond donors (Lipinski definition) is 3. The Bertz CT molecular complexity index is 317. The fourth-order valence-corrected chi connectivity index (χ4v) is 1.51. The molecule has 0 aliphatic heterocycles. The number of nitrogens with one attached hydrogen (secondary N) is 2. The van der Waals surface area contributed by atoms with Crippen LogP contribution in [-0.2, 0) is 6.42 Å². The van der Waals surface area contributed by atoms with Crippen LogP contribution in [0.15, 0.2) is 28.7 Å². The summed E-state index contributed by atoms with van der Waals surface area (Å²) in [5, 5.41) is 2.61. The molecule has 0 aliphatic rings. The minimum atomic E-state index is -0.361. The lowest BCUT2D eigenvalue weighted by Crippen LogP contribution is -2.40. The van der Waals surface area contributed by atoms with E-state index in [1.165, 1.54) is 0 Å². The number of rotatable bonds is 3. The highest BCUT2D eigenvalue weighted by Gasteiger charge is 1.97. The highest BCUT2D eigenvalue weighted by atomic mass is 79.9. The first-order valence-electron chi connectivity index (χ1n) is 4.21. The van der Waals surface area contributed by atoms with Gasteiger partial charge in [0.25, 0.3) is 0 Å². The molecule has 0 fully saturated rings. The summed E-state index contributed by atoms with van der Waals surface area (Å²) in [7, 11) is 0. The molecule has 0 aromatic heterocycles. The van der Waals surface area contributed by atoms with Gasteiger partial charge in [0.1, 0.15) is 0 Å². The second-order valence-electron chi connectivity index (χ2n) is 2.78. The average molecular weight is 258 g/mol. The molecule has 76 valence electrons. The fourth-order valence-electron chi connectivity index (χ4n) is 1.06. The smallest absolute Gasteiger partial charge is 0.328 e. The Morgan fingerprint density at radius 2 is 2.29 bits per heavy atom. The monoisotopic (exact) mass is 257 g/mol. The summed E-state index contributed by atoms with van der Waals surface area (Å²) in [5.74, 6) is 4.91. The van der Waals surface area contributed by atoms with E-state index in [4.69, 9.17) is 5.84 Å². The Hall–Kier alpha value is -1.07. The molecule has 1 rings (SSSR count). The highest BCUT2D eigenvalue weighted by molar-refractivity contribution is 9.10. The lowest BCUT2D eigenvalue weighted by molar-refractivity contribution is 0.241. The van der Waals surface area contributed by atoms with Crippen molar-refractivity contribution in [2.75, 3.05) is 6.54 Å². The Balaban J connectivity index is 2.35. The van der Waals surface area contributed by atoms with Crippen LogP contribution in [0, 0.1) is 0 Å². The van der Waals surface area contributed by atoms with Crippen LogP contribution in [0.2, 0.25) is 0 Å². The topological polar surface area (TPSA) is 67.1 Å². The summed E-state index contributed by atoms with van der Waals surface area (Å²) in [6.45, 7) is 0.569. The van der Waals surface area contributed by atoms with Crippen molar-refractivity contribution in [1.82, 2.24) is 10.7 Å². The summed E-state index contributed by atoms with van der Waals surface area (Å²) in [5.41, 5.74) is 3.17.